The predicted molar refractivity (Wildman–Crippen MR) is 98.0 cm³/mol. The number of aromatic nitrogens is 3. The monoisotopic (exact) mass is 353 g/mol. The van der Waals surface area contributed by atoms with Crippen LogP contribution < -0.4 is 5.32 Å². The van der Waals surface area contributed by atoms with Crippen LogP contribution in [0.4, 0.5) is 5.13 Å². The summed E-state index contributed by atoms with van der Waals surface area (Å²) in [6, 6.07) is 9.73. The molecule has 1 N–H and O–H groups in total. The number of thiazole rings is 1. The van der Waals surface area contributed by atoms with Gasteiger partial charge in [0.25, 0.3) is 0 Å². The lowest BCUT2D eigenvalue weighted by Gasteiger charge is -2.20. The molecule has 6 nitrogen and oxygen atoms in total. The van der Waals surface area contributed by atoms with Gasteiger partial charge in [-0.1, -0.05) is 12.1 Å². The first-order valence-electron chi connectivity index (χ1n) is 8.23. The Bertz CT molecular complexity index is 870. The van der Waals surface area contributed by atoms with Crippen LogP contribution >= 0.6 is 11.3 Å². The summed E-state index contributed by atoms with van der Waals surface area (Å²) in [7, 11) is 2.10. The lowest BCUT2D eigenvalue weighted by molar-refractivity contribution is -0.115. The Balaban J connectivity index is 1.39. The zero-order chi connectivity index (χ0) is 17.2. The van der Waals surface area contributed by atoms with E-state index in [0.29, 0.717) is 11.6 Å². The molecule has 128 valence electrons. The molecule has 0 unspecified atom stereocenters. The summed E-state index contributed by atoms with van der Waals surface area (Å²) in [4.78, 5) is 20.4. The van der Waals surface area contributed by atoms with Gasteiger partial charge in [0.2, 0.25) is 5.91 Å². The van der Waals surface area contributed by atoms with Crippen molar-refractivity contribution in [1.29, 1.82) is 0 Å². The molecule has 3 heterocycles. The molecule has 0 spiro atoms. The minimum absolute atomic E-state index is 0.0358. The smallest absolute Gasteiger partial charge is 0.230 e. The fourth-order valence-electron chi connectivity index (χ4n) is 2.91. The number of anilines is 1. The number of fused-ring (bicyclic) bond motifs is 1. The molecule has 0 radical (unpaired) electrons. The summed E-state index contributed by atoms with van der Waals surface area (Å²) >= 11 is 1.58. The second-order valence-corrected chi connectivity index (χ2v) is 7.30. The Kier molecular flexibility index (Phi) is 4.33. The van der Waals surface area contributed by atoms with Crippen molar-refractivity contribution in [2.75, 3.05) is 18.9 Å². The highest BCUT2D eigenvalue weighted by molar-refractivity contribution is 7.15. The van der Waals surface area contributed by atoms with E-state index in [9.17, 15) is 4.79 Å². The van der Waals surface area contributed by atoms with E-state index in [2.05, 4.69) is 27.3 Å². The third kappa shape index (κ3) is 3.62. The van der Waals surface area contributed by atoms with Crippen molar-refractivity contribution in [1.82, 2.24) is 19.7 Å². The van der Waals surface area contributed by atoms with Crippen LogP contribution in [0.25, 0.3) is 5.69 Å². The molecule has 0 atom stereocenters. The van der Waals surface area contributed by atoms with E-state index in [-0.39, 0.29) is 5.91 Å². The predicted octanol–water partition coefficient (Wildman–Crippen LogP) is 2.50. The molecule has 0 saturated heterocycles. The number of amides is 1. The van der Waals surface area contributed by atoms with Crippen LogP contribution in [0.15, 0.2) is 42.7 Å². The van der Waals surface area contributed by atoms with Gasteiger partial charge >= 0.3 is 0 Å². The van der Waals surface area contributed by atoms with E-state index in [1.54, 1.807) is 22.2 Å². The van der Waals surface area contributed by atoms with E-state index in [4.69, 9.17) is 0 Å². The molecule has 0 bridgehead atoms. The molecular weight excluding hydrogens is 334 g/mol. The summed E-state index contributed by atoms with van der Waals surface area (Å²) in [5.41, 5.74) is 3.07. The highest BCUT2D eigenvalue weighted by atomic mass is 32.1. The lowest BCUT2D eigenvalue weighted by atomic mass is 10.1. The quantitative estimate of drug-likeness (QED) is 0.783. The van der Waals surface area contributed by atoms with Crippen molar-refractivity contribution in [3.05, 3.63) is 58.9 Å². The number of nitrogens with zero attached hydrogens (tertiary/aromatic N) is 4. The lowest BCUT2D eigenvalue weighted by Crippen LogP contribution is -2.25. The second-order valence-electron chi connectivity index (χ2n) is 6.22. The number of carbonyl (C=O) groups excluding carboxylic acids is 1. The van der Waals surface area contributed by atoms with Gasteiger partial charge in [-0.3, -0.25) is 4.79 Å². The Morgan fingerprint density at radius 2 is 2.16 bits per heavy atom. The van der Waals surface area contributed by atoms with Crippen LogP contribution in [-0.2, 0) is 24.2 Å². The minimum atomic E-state index is -0.0358. The van der Waals surface area contributed by atoms with Gasteiger partial charge in [-0.25, -0.2) is 9.67 Å². The van der Waals surface area contributed by atoms with Crippen molar-refractivity contribution in [3.8, 4) is 5.69 Å². The van der Waals surface area contributed by atoms with Gasteiger partial charge in [0.05, 0.1) is 17.8 Å². The molecule has 1 aromatic carbocycles. The van der Waals surface area contributed by atoms with Crippen LogP contribution in [0.2, 0.25) is 0 Å². The van der Waals surface area contributed by atoms with Gasteiger partial charge in [-0.15, -0.1) is 11.3 Å². The molecule has 4 rings (SSSR count). The normalized spacial score (nSPS) is 14.3. The fraction of sp³-hybridized carbons (Fsp3) is 0.278. The van der Waals surface area contributed by atoms with Crippen LogP contribution in [0.3, 0.4) is 0 Å². The average molecular weight is 353 g/mol. The van der Waals surface area contributed by atoms with Crippen molar-refractivity contribution in [2.45, 2.75) is 19.4 Å². The van der Waals surface area contributed by atoms with E-state index in [1.165, 1.54) is 4.88 Å². The molecule has 2 aromatic heterocycles. The summed E-state index contributed by atoms with van der Waals surface area (Å²) < 4.78 is 1.79. The zero-order valence-corrected chi connectivity index (χ0v) is 14.8. The summed E-state index contributed by atoms with van der Waals surface area (Å²) in [5.74, 6) is -0.0358. The SMILES string of the molecule is CN1CCc2nc(NC(=O)Cc3ccc(-n4cccn4)cc3)sc2C1. The van der Waals surface area contributed by atoms with Crippen molar-refractivity contribution in [3.63, 3.8) is 0 Å². The van der Waals surface area contributed by atoms with Crippen LogP contribution in [0.1, 0.15) is 16.1 Å². The fourth-order valence-corrected chi connectivity index (χ4v) is 4.02. The number of nitrogens with one attached hydrogen (secondary N) is 1. The van der Waals surface area contributed by atoms with Gasteiger partial charge in [-0.05, 0) is 30.8 Å². The van der Waals surface area contributed by atoms with Crippen molar-refractivity contribution < 1.29 is 4.79 Å². The third-order valence-corrected chi connectivity index (χ3v) is 5.24. The van der Waals surface area contributed by atoms with Crippen molar-refractivity contribution in [2.24, 2.45) is 0 Å². The van der Waals surface area contributed by atoms with Gasteiger partial charge < -0.3 is 10.2 Å². The van der Waals surface area contributed by atoms with Gasteiger partial charge in [0, 0.05) is 36.8 Å². The molecule has 0 saturated carbocycles. The first-order chi connectivity index (χ1) is 12.2. The summed E-state index contributed by atoms with van der Waals surface area (Å²) in [6.45, 7) is 1.94. The average Bonchev–Trinajstić information content (AvgIpc) is 3.24. The number of hydrogen-bond acceptors (Lipinski definition) is 5. The maximum Gasteiger partial charge on any atom is 0.230 e. The molecule has 1 amide bonds. The first kappa shape index (κ1) is 16.0. The number of rotatable bonds is 4. The third-order valence-electron chi connectivity index (χ3n) is 4.24. The standard InChI is InChI=1S/C18H19N5OS/c1-22-10-7-15-16(12-22)25-18(20-15)21-17(24)11-13-3-5-14(6-4-13)23-9-2-8-19-23/h2-6,8-9H,7,10-12H2,1H3,(H,20,21,24). The largest absolute Gasteiger partial charge is 0.302 e. The molecule has 1 aliphatic rings. The Hall–Kier alpha value is -2.51. The van der Waals surface area contributed by atoms with Crippen LogP contribution in [-0.4, -0.2) is 39.2 Å². The second kappa shape index (κ2) is 6.78. The molecule has 3 aromatic rings. The maximum absolute atomic E-state index is 12.3. The highest BCUT2D eigenvalue weighted by Gasteiger charge is 2.19. The number of likely N-dealkylation sites (N-methyl/N-ethyl adjacent to an activating group) is 1. The number of benzene rings is 1. The van der Waals surface area contributed by atoms with E-state index < -0.39 is 0 Å². The Labute approximate surface area is 150 Å². The van der Waals surface area contributed by atoms with E-state index >= 15 is 0 Å². The van der Waals surface area contributed by atoms with Gasteiger partial charge in [0.15, 0.2) is 5.13 Å². The van der Waals surface area contributed by atoms with Crippen molar-refractivity contribution >= 4 is 22.4 Å². The molecule has 0 aliphatic carbocycles. The maximum atomic E-state index is 12.3. The van der Waals surface area contributed by atoms with E-state index in [0.717, 1.165) is 36.5 Å². The minimum Gasteiger partial charge on any atom is -0.302 e. The van der Waals surface area contributed by atoms with E-state index in [1.807, 2.05) is 36.5 Å². The van der Waals surface area contributed by atoms with Crippen LogP contribution in [0.5, 0.6) is 0 Å². The summed E-state index contributed by atoms with van der Waals surface area (Å²) in [6.07, 6.45) is 4.92. The highest BCUT2D eigenvalue weighted by Crippen LogP contribution is 2.27. The Morgan fingerprint density at radius 1 is 1.32 bits per heavy atom. The topological polar surface area (TPSA) is 63.1 Å². The molecular formula is C18H19N5OS. The zero-order valence-electron chi connectivity index (χ0n) is 14.0. The first-order valence-corrected chi connectivity index (χ1v) is 9.05. The summed E-state index contributed by atoms with van der Waals surface area (Å²) in [5, 5.41) is 7.84. The molecule has 7 heteroatoms. The Morgan fingerprint density at radius 3 is 2.92 bits per heavy atom. The molecule has 0 fully saturated rings. The number of carbonyl (C=O) groups is 1. The van der Waals surface area contributed by atoms with Gasteiger partial charge in [-0.2, -0.15) is 5.10 Å². The molecule has 1 aliphatic heterocycles. The van der Waals surface area contributed by atoms with Gasteiger partial charge in [0.1, 0.15) is 0 Å². The van der Waals surface area contributed by atoms with Crippen LogP contribution in [0, 0.1) is 0 Å². The number of hydrogen-bond donors (Lipinski definition) is 1. The molecule has 25 heavy (non-hydrogen) atoms.